The first-order valence-corrected chi connectivity index (χ1v) is 10.6. The smallest absolute Gasteiger partial charge is 0.341 e. The third-order valence-electron chi connectivity index (χ3n) is 4.40. The van der Waals surface area contributed by atoms with Gasteiger partial charge in [0.1, 0.15) is 10.8 Å². The van der Waals surface area contributed by atoms with Crippen LogP contribution in [0.2, 0.25) is 0 Å². The second kappa shape index (κ2) is 8.89. The van der Waals surface area contributed by atoms with E-state index in [2.05, 4.69) is 21.2 Å². The van der Waals surface area contributed by atoms with Crippen LogP contribution < -0.4 is 10.1 Å². The van der Waals surface area contributed by atoms with Crippen molar-refractivity contribution in [2.24, 2.45) is 0 Å². The summed E-state index contributed by atoms with van der Waals surface area (Å²) >= 11 is 4.91. The maximum Gasteiger partial charge on any atom is 0.341 e. The Kier molecular flexibility index (Phi) is 6.55. The number of hydrogen-bond donors (Lipinski definition) is 1. The summed E-state index contributed by atoms with van der Waals surface area (Å²) in [5.41, 5.74) is 2.58. The lowest BCUT2D eigenvalue weighted by Crippen LogP contribution is -2.21. The van der Waals surface area contributed by atoms with Gasteiger partial charge in [-0.05, 0) is 68.9 Å². The van der Waals surface area contributed by atoms with E-state index >= 15 is 0 Å². The Bertz CT molecular complexity index is 862. The lowest BCUT2D eigenvalue weighted by atomic mass is 9.95. The molecule has 1 N–H and O–H groups in total. The zero-order chi connectivity index (χ0) is 19.4. The first-order chi connectivity index (χ1) is 13.0. The van der Waals surface area contributed by atoms with Gasteiger partial charge in [-0.2, -0.15) is 0 Å². The number of thiophene rings is 1. The van der Waals surface area contributed by atoms with Crippen molar-refractivity contribution in [1.82, 2.24) is 0 Å². The summed E-state index contributed by atoms with van der Waals surface area (Å²) in [6.45, 7) is 3.93. The number of rotatable bonds is 6. The van der Waals surface area contributed by atoms with E-state index < -0.39 is 0 Å². The van der Waals surface area contributed by atoms with Crippen molar-refractivity contribution >= 4 is 44.1 Å². The molecular weight excluding hydrogens is 430 g/mol. The third kappa shape index (κ3) is 4.71. The zero-order valence-electron chi connectivity index (χ0n) is 15.4. The molecule has 0 saturated carbocycles. The molecular formula is C20H22BrNO4S. The number of amides is 1. The van der Waals surface area contributed by atoms with Crippen LogP contribution in [0, 0.1) is 6.92 Å². The molecule has 1 aliphatic carbocycles. The van der Waals surface area contributed by atoms with Crippen LogP contribution in [-0.4, -0.2) is 25.1 Å². The highest BCUT2D eigenvalue weighted by molar-refractivity contribution is 9.10. The molecule has 144 valence electrons. The van der Waals surface area contributed by atoms with E-state index in [1.54, 1.807) is 13.0 Å². The lowest BCUT2D eigenvalue weighted by molar-refractivity contribution is -0.118. The largest absolute Gasteiger partial charge is 0.484 e. The number of carbonyl (C=O) groups excluding carboxylic acids is 2. The molecule has 0 atom stereocenters. The molecule has 1 aliphatic rings. The van der Waals surface area contributed by atoms with E-state index in [1.807, 2.05) is 19.1 Å². The van der Waals surface area contributed by atoms with Crippen molar-refractivity contribution < 1.29 is 19.1 Å². The second-order valence-electron chi connectivity index (χ2n) is 6.38. The van der Waals surface area contributed by atoms with Crippen LogP contribution in [0.25, 0.3) is 0 Å². The van der Waals surface area contributed by atoms with Gasteiger partial charge >= 0.3 is 5.97 Å². The van der Waals surface area contributed by atoms with Crippen LogP contribution in [0.1, 0.15) is 46.1 Å². The van der Waals surface area contributed by atoms with E-state index in [-0.39, 0.29) is 18.5 Å². The van der Waals surface area contributed by atoms with Crippen molar-refractivity contribution in [1.29, 1.82) is 0 Å². The number of ether oxygens (including phenoxy) is 2. The van der Waals surface area contributed by atoms with Crippen molar-refractivity contribution in [3.8, 4) is 5.75 Å². The summed E-state index contributed by atoms with van der Waals surface area (Å²) in [4.78, 5) is 26.0. The highest BCUT2D eigenvalue weighted by atomic mass is 79.9. The van der Waals surface area contributed by atoms with Gasteiger partial charge in [0.05, 0.1) is 12.2 Å². The number of nitrogens with one attached hydrogen (secondary N) is 1. The maximum atomic E-state index is 12.4. The second-order valence-corrected chi connectivity index (χ2v) is 8.34. The summed E-state index contributed by atoms with van der Waals surface area (Å²) in [6.07, 6.45) is 3.95. The summed E-state index contributed by atoms with van der Waals surface area (Å²) in [7, 11) is 0. The minimum absolute atomic E-state index is 0.119. The monoisotopic (exact) mass is 451 g/mol. The van der Waals surface area contributed by atoms with Crippen LogP contribution in [0.5, 0.6) is 5.75 Å². The molecule has 3 rings (SSSR count). The van der Waals surface area contributed by atoms with Gasteiger partial charge in [-0.3, -0.25) is 4.79 Å². The van der Waals surface area contributed by atoms with Crippen LogP contribution >= 0.6 is 27.3 Å². The molecule has 0 fully saturated rings. The van der Waals surface area contributed by atoms with E-state index in [9.17, 15) is 9.59 Å². The van der Waals surface area contributed by atoms with Gasteiger partial charge < -0.3 is 14.8 Å². The molecule has 1 amide bonds. The van der Waals surface area contributed by atoms with Gasteiger partial charge in [-0.25, -0.2) is 4.79 Å². The van der Waals surface area contributed by atoms with Crippen molar-refractivity contribution in [2.45, 2.75) is 39.5 Å². The number of aryl methyl sites for hydroxylation is 2. The number of benzene rings is 1. The molecule has 0 spiro atoms. The average Bonchev–Trinajstić information content (AvgIpc) is 3.00. The predicted molar refractivity (Wildman–Crippen MR) is 110 cm³/mol. The summed E-state index contributed by atoms with van der Waals surface area (Å²) in [6, 6.07) is 5.55. The highest BCUT2D eigenvalue weighted by Gasteiger charge is 2.27. The quantitative estimate of drug-likeness (QED) is 0.634. The van der Waals surface area contributed by atoms with Crippen LogP contribution in [0.4, 0.5) is 5.00 Å². The van der Waals surface area contributed by atoms with Crippen LogP contribution in [0.15, 0.2) is 22.7 Å². The Morgan fingerprint density at radius 2 is 2.04 bits per heavy atom. The fourth-order valence-corrected chi connectivity index (χ4v) is 4.63. The van der Waals surface area contributed by atoms with Gasteiger partial charge in [0.2, 0.25) is 0 Å². The number of halogens is 1. The number of fused-ring (bicyclic) bond motifs is 1. The molecule has 0 unspecified atom stereocenters. The Balaban J connectivity index is 1.72. The molecule has 1 heterocycles. The molecule has 5 nitrogen and oxygen atoms in total. The van der Waals surface area contributed by atoms with Crippen LogP contribution in [-0.2, 0) is 22.4 Å². The summed E-state index contributed by atoms with van der Waals surface area (Å²) in [5.74, 6) is -0.0293. The third-order valence-corrected chi connectivity index (χ3v) is 6.50. The minimum Gasteiger partial charge on any atom is -0.484 e. The fraction of sp³-hybridized carbons (Fsp3) is 0.400. The first kappa shape index (κ1) is 19.9. The molecule has 7 heteroatoms. The molecule has 27 heavy (non-hydrogen) atoms. The molecule has 1 aromatic carbocycles. The first-order valence-electron chi connectivity index (χ1n) is 9.00. The molecule has 0 radical (unpaired) electrons. The molecule has 1 aromatic heterocycles. The maximum absolute atomic E-state index is 12.4. The van der Waals surface area contributed by atoms with Gasteiger partial charge in [0.15, 0.2) is 6.61 Å². The average molecular weight is 452 g/mol. The van der Waals surface area contributed by atoms with Gasteiger partial charge in [0, 0.05) is 9.35 Å². The number of anilines is 1. The lowest BCUT2D eigenvalue weighted by Gasteiger charge is -2.12. The Morgan fingerprint density at radius 1 is 1.26 bits per heavy atom. The highest BCUT2D eigenvalue weighted by Crippen LogP contribution is 2.38. The predicted octanol–water partition coefficient (Wildman–Crippen LogP) is 4.89. The van der Waals surface area contributed by atoms with Crippen LogP contribution in [0.3, 0.4) is 0 Å². The Labute approximate surface area is 171 Å². The molecule has 0 bridgehead atoms. The van der Waals surface area contributed by atoms with E-state index in [4.69, 9.17) is 9.47 Å². The fourth-order valence-electron chi connectivity index (χ4n) is 3.09. The van der Waals surface area contributed by atoms with E-state index in [1.165, 1.54) is 16.2 Å². The topological polar surface area (TPSA) is 64.6 Å². The van der Waals surface area contributed by atoms with Gasteiger partial charge in [-0.15, -0.1) is 11.3 Å². The minimum atomic E-state index is -0.364. The standard InChI is InChI=1S/C20H22BrNO4S/c1-3-25-20(24)18-14-6-4-5-7-16(14)27-19(18)22-17(23)11-26-13-8-9-15(21)12(2)10-13/h8-10H,3-7,11H2,1-2H3,(H,22,23). The number of hydrogen-bond acceptors (Lipinski definition) is 5. The summed E-state index contributed by atoms with van der Waals surface area (Å²) in [5, 5.41) is 3.42. The number of esters is 1. The Hall–Kier alpha value is -1.86. The molecule has 0 aliphatic heterocycles. The van der Waals surface area contributed by atoms with Crippen molar-refractivity contribution in [3.63, 3.8) is 0 Å². The number of carbonyl (C=O) groups is 2. The summed E-state index contributed by atoms with van der Waals surface area (Å²) < 4.78 is 11.8. The zero-order valence-corrected chi connectivity index (χ0v) is 17.8. The van der Waals surface area contributed by atoms with Crippen molar-refractivity contribution in [2.75, 3.05) is 18.5 Å². The van der Waals surface area contributed by atoms with E-state index in [0.29, 0.717) is 22.9 Å². The molecule has 0 saturated heterocycles. The normalized spacial score (nSPS) is 13.0. The van der Waals surface area contributed by atoms with Gasteiger partial charge in [0.25, 0.3) is 5.91 Å². The SMILES string of the molecule is CCOC(=O)c1c(NC(=O)COc2ccc(Br)c(C)c2)sc2c1CCCC2. The van der Waals surface area contributed by atoms with Gasteiger partial charge in [-0.1, -0.05) is 15.9 Å². The Morgan fingerprint density at radius 3 is 2.78 bits per heavy atom. The van der Waals surface area contributed by atoms with E-state index in [0.717, 1.165) is 41.3 Å². The molecule has 2 aromatic rings. The van der Waals surface area contributed by atoms with Crippen molar-refractivity contribution in [3.05, 3.63) is 44.2 Å².